The normalized spacial score (nSPS) is 11.0. The van der Waals surface area contributed by atoms with Crippen LogP contribution < -0.4 is 5.32 Å². The van der Waals surface area contributed by atoms with E-state index in [2.05, 4.69) is 35.4 Å². The van der Waals surface area contributed by atoms with Gasteiger partial charge in [0.15, 0.2) is 0 Å². The van der Waals surface area contributed by atoms with Crippen LogP contribution in [0.25, 0.3) is 6.08 Å². The highest BCUT2D eigenvalue weighted by Gasteiger charge is 2.05. The third-order valence-corrected chi connectivity index (χ3v) is 3.90. The maximum absolute atomic E-state index is 11.9. The zero-order chi connectivity index (χ0) is 15.2. The van der Waals surface area contributed by atoms with Crippen molar-refractivity contribution < 1.29 is 4.79 Å². The fourth-order valence-corrected chi connectivity index (χ4v) is 2.79. The van der Waals surface area contributed by atoms with Gasteiger partial charge in [-0.05, 0) is 37.5 Å². The number of aryl methyl sites for hydroxylation is 3. The lowest BCUT2D eigenvalue weighted by molar-refractivity contribution is -0.111. The summed E-state index contributed by atoms with van der Waals surface area (Å²) in [7, 11) is 0. The molecule has 0 fully saturated rings. The summed E-state index contributed by atoms with van der Waals surface area (Å²) in [6, 6.07) is 6.14. The second-order valence-electron chi connectivity index (χ2n) is 4.93. The lowest BCUT2D eigenvalue weighted by Gasteiger charge is -2.01. The van der Waals surface area contributed by atoms with E-state index in [0.29, 0.717) is 5.13 Å². The molecule has 0 bridgehead atoms. The summed E-state index contributed by atoms with van der Waals surface area (Å²) < 4.78 is 0. The number of hydrogen-bond acceptors (Lipinski definition) is 4. The number of amides is 1. The summed E-state index contributed by atoms with van der Waals surface area (Å²) in [5.74, 6) is -0.186. The van der Waals surface area contributed by atoms with Crippen LogP contribution in [0.5, 0.6) is 0 Å². The molecule has 0 spiro atoms. The quantitative estimate of drug-likeness (QED) is 0.856. The van der Waals surface area contributed by atoms with Crippen molar-refractivity contribution in [1.29, 1.82) is 0 Å². The number of hydrogen-bond donors (Lipinski definition) is 1. The van der Waals surface area contributed by atoms with Crippen LogP contribution in [0.3, 0.4) is 0 Å². The van der Waals surface area contributed by atoms with Crippen LogP contribution in [0.2, 0.25) is 0 Å². The van der Waals surface area contributed by atoms with Crippen molar-refractivity contribution in [3.05, 3.63) is 46.0 Å². The number of anilines is 1. The summed E-state index contributed by atoms with van der Waals surface area (Å²) in [6.45, 7) is 6.18. The minimum Gasteiger partial charge on any atom is -0.297 e. The van der Waals surface area contributed by atoms with E-state index in [1.807, 2.05) is 25.1 Å². The van der Waals surface area contributed by atoms with E-state index >= 15 is 0 Å². The fraction of sp³-hybridized carbons (Fsp3) is 0.312. The van der Waals surface area contributed by atoms with Gasteiger partial charge in [0.2, 0.25) is 11.0 Å². The van der Waals surface area contributed by atoms with E-state index in [-0.39, 0.29) is 5.91 Å². The first-order valence-electron chi connectivity index (χ1n) is 6.97. The molecule has 1 amide bonds. The predicted molar refractivity (Wildman–Crippen MR) is 87.5 cm³/mol. The molecule has 2 rings (SSSR count). The van der Waals surface area contributed by atoms with Gasteiger partial charge >= 0.3 is 0 Å². The van der Waals surface area contributed by atoms with Gasteiger partial charge in [0, 0.05) is 12.5 Å². The first-order chi connectivity index (χ1) is 10.1. The molecule has 1 heterocycles. The van der Waals surface area contributed by atoms with Crippen LogP contribution in [-0.4, -0.2) is 16.1 Å². The molecule has 1 aromatic carbocycles. The largest absolute Gasteiger partial charge is 0.297 e. The SMILES string of the molecule is CCCc1nnc(NC(=O)/C=C/c2ccc(C)cc2C)s1. The molecule has 4 nitrogen and oxygen atoms in total. The van der Waals surface area contributed by atoms with E-state index in [1.54, 1.807) is 0 Å². The van der Waals surface area contributed by atoms with E-state index in [4.69, 9.17) is 0 Å². The molecular weight excluding hydrogens is 282 g/mol. The summed E-state index contributed by atoms with van der Waals surface area (Å²) in [4.78, 5) is 11.9. The molecular formula is C16H19N3OS. The van der Waals surface area contributed by atoms with Gasteiger partial charge in [0.1, 0.15) is 5.01 Å². The average molecular weight is 301 g/mol. The Morgan fingerprint density at radius 1 is 1.33 bits per heavy atom. The smallest absolute Gasteiger partial charge is 0.250 e. The molecule has 0 unspecified atom stereocenters. The molecule has 5 heteroatoms. The first-order valence-corrected chi connectivity index (χ1v) is 7.79. The molecule has 110 valence electrons. The minimum atomic E-state index is -0.186. The topological polar surface area (TPSA) is 54.9 Å². The Labute approximate surface area is 128 Å². The molecule has 1 aromatic heterocycles. The Morgan fingerprint density at radius 2 is 2.14 bits per heavy atom. The maximum atomic E-state index is 11.9. The average Bonchev–Trinajstić information content (AvgIpc) is 2.85. The summed E-state index contributed by atoms with van der Waals surface area (Å²) >= 11 is 1.42. The summed E-state index contributed by atoms with van der Waals surface area (Å²) in [5.41, 5.74) is 3.41. The van der Waals surface area contributed by atoms with Gasteiger partial charge in [-0.1, -0.05) is 42.0 Å². The number of carbonyl (C=O) groups excluding carboxylic acids is 1. The standard InChI is InChI=1S/C16H19N3OS/c1-4-5-15-18-19-16(21-15)17-14(20)9-8-13-7-6-11(2)10-12(13)3/h6-10H,4-5H2,1-3H3,(H,17,19,20)/b9-8+. The van der Waals surface area contributed by atoms with E-state index in [0.717, 1.165) is 29.0 Å². The van der Waals surface area contributed by atoms with Gasteiger partial charge in [-0.15, -0.1) is 10.2 Å². The van der Waals surface area contributed by atoms with Gasteiger partial charge in [-0.3, -0.25) is 10.1 Å². The molecule has 0 saturated carbocycles. The molecule has 0 aliphatic carbocycles. The van der Waals surface area contributed by atoms with Gasteiger partial charge in [-0.25, -0.2) is 0 Å². The van der Waals surface area contributed by atoms with Crippen molar-refractivity contribution in [1.82, 2.24) is 10.2 Å². The zero-order valence-electron chi connectivity index (χ0n) is 12.5. The van der Waals surface area contributed by atoms with Crippen molar-refractivity contribution in [3.8, 4) is 0 Å². The highest BCUT2D eigenvalue weighted by atomic mass is 32.1. The van der Waals surface area contributed by atoms with Gasteiger partial charge < -0.3 is 0 Å². The van der Waals surface area contributed by atoms with Crippen LogP contribution in [0.4, 0.5) is 5.13 Å². The van der Waals surface area contributed by atoms with Crippen LogP contribution in [0.15, 0.2) is 24.3 Å². The highest BCUT2D eigenvalue weighted by Crippen LogP contribution is 2.17. The Balaban J connectivity index is 1.98. The molecule has 0 saturated heterocycles. The highest BCUT2D eigenvalue weighted by molar-refractivity contribution is 7.15. The lowest BCUT2D eigenvalue weighted by Crippen LogP contribution is -2.07. The number of carbonyl (C=O) groups is 1. The molecule has 0 radical (unpaired) electrons. The monoisotopic (exact) mass is 301 g/mol. The molecule has 0 aliphatic heterocycles. The predicted octanol–water partition coefficient (Wildman–Crippen LogP) is 3.76. The van der Waals surface area contributed by atoms with Crippen LogP contribution in [-0.2, 0) is 11.2 Å². The minimum absolute atomic E-state index is 0.186. The van der Waals surface area contributed by atoms with Gasteiger partial charge in [-0.2, -0.15) is 0 Å². The number of nitrogens with one attached hydrogen (secondary N) is 1. The third kappa shape index (κ3) is 4.49. The van der Waals surface area contributed by atoms with Crippen LogP contribution >= 0.6 is 11.3 Å². The molecule has 0 atom stereocenters. The summed E-state index contributed by atoms with van der Waals surface area (Å²) in [6.07, 6.45) is 5.26. The van der Waals surface area contributed by atoms with Crippen molar-refractivity contribution in [2.45, 2.75) is 33.6 Å². The van der Waals surface area contributed by atoms with Crippen molar-refractivity contribution in [3.63, 3.8) is 0 Å². The number of benzene rings is 1. The van der Waals surface area contributed by atoms with Gasteiger partial charge in [0.05, 0.1) is 0 Å². The van der Waals surface area contributed by atoms with Crippen molar-refractivity contribution in [2.24, 2.45) is 0 Å². The maximum Gasteiger partial charge on any atom is 0.250 e. The molecule has 1 N–H and O–H groups in total. The summed E-state index contributed by atoms with van der Waals surface area (Å²) in [5, 5.41) is 12.2. The Kier molecular flexibility index (Phi) is 5.22. The zero-order valence-corrected chi connectivity index (χ0v) is 13.3. The second kappa shape index (κ2) is 7.13. The van der Waals surface area contributed by atoms with Crippen molar-refractivity contribution >= 4 is 28.5 Å². The van der Waals surface area contributed by atoms with Crippen LogP contribution in [0, 0.1) is 13.8 Å². The first kappa shape index (κ1) is 15.4. The number of aromatic nitrogens is 2. The van der Waals surface area contributed by atoms with Crippen molar-refractivity contribution in [2.75, 3.05) is 5.32 Å². The third-order valence-electron chi connectivity index (χ3n) is 3.00. The number of nitrogens with zero attached hydrogens (tertiary/aromatic N) is 2. The van der Waals surface area contributed by atoms with E-state index in [9.17, 15) is 4.79 Å². The van der Waals surface area contributed by atoms with E-state index in [1.165, 1.54) is 23.0 Å². The number of rotatable bonds is 5. The Hall–Kier alpha value is -2.01. The van der Waals surface area contributed by atoms with E-state index < -0.39 is 0 Å². The van der Waals surface area contributed by atoms with Crippen LogP contribution in [0.1, 0.15) is 35.0 Å². The Bertz CT molecular complexity index is 661. The molecule has 0 aliphatic rings. The fourth-order valence-electron chi connectivity index (χ4n) is 1.94. The van der Waals surface area contributed by atoms with Gasteiger partial charge in [0.25, 0.3) is 0 Å². The molecule has 2 aromatic rings. The second-order valence-corrected chi connectivity index (χ2v) is 6.00. The lowest BCUT2D eigenvalue weighted by atomic mass is 10.1. The Morgan fingerprint density at radius 3 is 2.86 bits per heavy atom. The molecule has 21 heavy (non-hydrogen) atoms.